The molecule has 1 amide bonds. The molecular formula is C20H22N4OS. The van der Waals surface area contributed by atoms with Gasteiger partial charge in [-0.3, -0.25) is 4.79 Å². The largest absolute Gasteiger partial charge is 0.351 e. The van der Waals surface area contributed by atoms with Crippen molar-refractivity contribution in [3.05, 3.63) is 53.8 Å². The summed E-state index contributed by atoms with van der Waals surface area (Å²) >= 11 is 1.67. The molecule has 0 bridgehead atoms. The molecule has 0 atom stereocenters. The zero-order valence-corrected chi connectivity index (χ0v) is 15.8. The number of thiophene rings is 1. The Hall–Kier alpha value is -2.60. The average molecular weight is 366 g/mol. The molecule has 0 spiro atoms. The highest BCUT2D eigenvalue weighted by Crippen LogP contribution is 2.28. The average Bonchev–Trinajstić information content (AvgIpc) is 3.32. The second-order valence-electron chi connectivity index (χ2n) is 6.70. The van der Waals surface area contributed by atoms with Gasteiger partial charge in [0.15, 0.2) is 0 Å². The summed E-state index contributed by atoms with van der Waals surface area (Å²) in [5.41, 5.74) is 4.02. The van der Waals surface area contributed by atoms with Crippen molar-refractivity contribution in [1.29, 1.82) is 0 Å². The molecule has 26 heavy (non-hydrogen) atoms. The highest BCUT2D eigenvalue weighted by atomic mass is 32.1. The second kappa shape index (κ2) is 6.96. The maximum absolute atomic E-state index is 12.7. The molecule has 0 saturated heterocycles. The molecule has 3 aromatic heterocycles. The molecule has 0 aliphatic rings. The number of hydrogen-bond acceptors (Lipinski definition) is 3. The van der Waals surface area contributed by atoms with Gasteiger partial charge in [0.05, 0.1) is 27.6 Å². The van der Waals surface area contributed by atoms with Crippen molar-refractivity contribution < 1.29 is 4.79 Å². The lowest BCUT2D eigenvalue weighted by Crippen LogP contribution is -2.27. The second-order valence-corrected chi connectivity index (χ2v) is 7.65. The SMILES string of the molecule is CC(C)n1c(C(=O)NCCCn2cnc3ccccc32)cc2sccc21. The number of amides is 1. The molecule has 5 nitrogen and oxygen atoms in total. The minimum atomic E-state index is -0.00223. The van der Waals surface area contributed by atoms with Gasteiger partial charge in [-0.15, -0.1) is 11.3 Å². The Bertz CT molecular complexity index is 1060. The normalized spacial score (nSPS) is 11.7. The molecule has 0 radical (unpaired) electrons. The van der Waals surface area contributed by atoms with Crippen LogP contribution in [0.25, 0.3) is 21.3 Å². The standard InChI is InChI=1S/C20H22N4OS/c1-14(2)24-17-8-11-26-19(17)12-18(24)20(25)21-9-5-10-23-13-22-15-6-3-4-7-16(15)23/h3-4,6-8,11-14H,5,9-10H2,1-2H3,(H,21,25). The number of aromatic nitrogens is 3. The molecule has 0 saturated carbocycles. The van der Waals surface area contributed by atoms with Gasteiger partial charge in [-0.2, -0.15) is 0 Å². The van der Waals surface area contributed by atoms with E-state index in [1.54, 1.807) is 11.3 Å². The van der Waals surface area contributed by atoms with Gasteiger partial charge in [0.2, 0.25) is 0 Å². The molecular weight excluding hydrogens is 344 g/mol. The fourth-order valence-corrected chi connectivity index (χ4v) is 4.22. The van der Waals surface area contributed by atoms with Crippen LogP contribution in [-0.4, -0.2) is 26.6 Å². The van der Waals surface area contributed by atoms with E-state index in [-0.39, 0.29) is 11.9 Å². The maximum Gasteiger partial charge on any atom is 0.267 e. The van der Waals surface area contributed by atoms with Crippen molar-refractivity contribution in [1.82, 2.24) is 19.4 Å². The molecule has 3 heterocycles. The van der Waals surface area contributed by atoms with Crippen LogP contribution < -0.4 is 5.32 Å². The summed E-state index contributed by atoms with van der Waals surface area (Å²) < 4.78 is 5.41. The van der Waals surface area contributed by atoms with Crippen LogP contribution in [0.1, 0.15) is 36.8 Å². The van der Waals surface area contributed by atoms with Crippen LogP contribution in [0.15, 0.2) is 48.1 Å². The molecule has 1 N–H and O–H groups in total. The summed E-state index contributed by atoms with van der Waals surface area (Å²) in [6, 6.07) is 12.4. The smallest absolute Gasteiger partial charge is 0.267 e. The van der Waals surface area contributed by atoms with Crippen LogP contribution in [0.3, 0.4) is 0 Å². The Kier molecular flexibility index (Phi) is 4.51. The number of nitrogens with one attached hydrogen (secondary N) is 1. The Balaban J connectivity index is 1.40. The van der Waals surface area contributed by atoms with Gasteiger partial charge in [-0.05, 0) is 49.9 Å². The minimum Gasteiger partial charge on any atom is -0.351 e. The molecule has 0 aliphatic carbocycles. The van der Waals surface area contributed by atoms with E-state index in [1.807, 2.05) is 30.6 Å². The molecule has 1 aromatic carbocycles. The Morgan fingerprint density at radius 2 is 2.08 bits per heavy atom. The molecule has 0 unspecified atom stereocenters. The predicted octanol–water partition coefficient (Wildman–Crippen LogP) is 4.45. The summed E-state index contributed by atoms with van der Waals surface area (Å²) in [5.74, 6) is -0.00223. The number of fused-ring (bicyclic) bond motifs is 2. The summed E-state index contributed by atoms with van der Waals surface area (Å²) in [5, 5.41) is 5.14. The van der Waals surface area contributed by atoms with Crippen molar-refractivity contribution in [3.8, 4) is 0 Å². The number of carbonyl (C=O) groups excluding carboxylic acids is 1. The van der Waals surface area contributed by atoms with E-state index in [1.165, 1.54) is 0 Å². The lowest BCUT2D eigenvalue weighted by molar-refractivity contribution is 0.0942. The number of aryl methyl sites for hydroxylation is 1. The van der Waals surface area contributed by atoms with E-state index in [0.717, 1.165) is 39.9 Å². The van der Waals surface area contributed by atoms with Gasteiger partial charge in [0.25, 0.3) is 5.91 Å². The summed E-state index contributed by atoms with van der Waals surface area (Å²) in [6.45, 7) is 5.69. The van der Waals surface area contributed by atoms with Gasteiger partial charge >= 0.3 is 0 Å². The first-order valence-corrected chi connectivity index (χ1v) is 9.79. The summed E-state index contributed by atoms with van der Waals surface area (Å²) in [6.07, 6.45) is 2.73. The first-order chi connectivity index (χ1) is 12.6. The van der Waals surface area contributed by atoms with Crippen molar-refractivity contribution in [3.63, 3.8) is 0 Å². The molecule has 0 fully saturated rings. The number of nitrogens with zero attached hydrogens (tertiary/aromatic N) is 3. The van der Waals surface area contributed by atoms with Crippen LogP contribution in [0, 0.1) is 0 Å². The van der Waals surface area contributed by atoms with Crippen molar-refractivity contribution in [2.24, 2.45) is 0 Å². The van der Waals surface area contributed by atoms with E-state index < -0.39 is 0 Å². The number of hydrogen-bond donors (Lipinski definition) is 1. The maximum atomic E-state index is 12.7. The number of benzene rings is 1. The van der Waals surface area contributed by atoms with E-state index in [2.05, 4.69) is 50.8 Å². The topological polar surface area (TPSA) is 51.9 Å². The van der Waals surface area contributed by atoms with Gasteiger partial charge in [-0.1, -0.05) is 12.1 Å². The van der Waals surface area contributed by atoms with E-state index in [4.69, 9.17) is 0 Å². The zero-order valence-electron chi connectivity index (χ0n) is 15.0. The van der Waals surface area contributed by atoms with Gasteiger partial charge in [0.1, 0.15) is 5.69 Å². The first-order valence-electron chi connectivity index (χ1n) is 8.91. The third-order valence-electron chi connectivity index (χ3n) is 4.60. The van der Waals surface area contributed by atoms with E-state index >= 15 is 0 Å². The molecule has 4 aromatic rings. The van der Waals surface area contributed by atoms with Crippen molar-refractivity contribution >= 4 is 38.5 Å². The zero-order chi connectivity index (χ0) is 18.1. The molecule has 6 heteroatoms. The van der Waals surface area contributed by atoms with Crippen LogP contribution in [0.5, 0.6) is 0 Å². The van der Waals surface area contributed by atoms with Gasteiger partial charge in [0, 0.05) is 19.1 Å². The Morgan fingerprint density at radius 3 is 2.92 bits per heavy atom. The summed E-state index contributed by atoms with van der Waals surface area (Å²) in [4.78, 5) is 17.1. The lowest BCUT2D eigenvalue weighted by atomic mass is 10.3. The fourth-order valence-electron chi connectivity index (χ4n) is 3.41. The quantitative estimate of drug-likeness (QED) is 0.513. The number of imidazole rings is 1. The van der Waals surface area contributed by atoms with Crippen LogP contribution in [0.2, 0.25) is 0 Å². The summed E-state index contributed by atoms with van der Waals surface area (Å²) in [7, 11) is 0. The highest BCUT2D eigenvalue weighted by molar-refractivity contribution is 7.17. The lowest BCUT2D eigenvalue weighted by Gasteiger charge is -2.14. The van der Waals surface area contributed by atoms with Crippen LogP contribution in [0.4, 0.5) is 0 Å². The Labute approximate surface area is 156 Å². The van der Waals surface area contributed by atoms with Gasteiger partial charge < -0.3 is 14.5 Å². The monoisotopic (exact) mass is 366 g/mol. The van der Waals surface area contributed by atoms with E-state index in [0.29, 0.717) is 6.54 Å². The first kappa shape index (κ1) is 16.8. The van der Waals surface area contributed by atoms with Crippen molar-refractivity contribution in [2.45, 2.75) is 32.9 Å². The number of para-hydroxylation sites is 2. The number of rotatable bonds is 6. The minimum absolute atomic E-state index is 0.00223. The third kappa shape index (κ3) is 3.01. The van der Waals surface area contributed by atoms with Gasteiger partial charge in [-0.25, -0.2) is 4.98 Å². The predicted molar refractivity (Wildman–Crippen MR) is 107 cm³/mol. The van der Waals surface area contributed by atoms with Crippen LogP contribution >= 0.6 is 11.3 Å². The van der Waals surface area contributed by atoms with Crippen molar-refractivity contribution in [2.75, 3.05) is 6.54 Å². The van der Waals surface area contributed by atoms with Crippen LogP contribution in [-0.2, 0) is 6.54 Å². The third-order valence-corrected chi connectivity index (χ3v) is 5.45. The van der Waals surface area contributed by atoms with E-state index in [9.17, 15) is 4.79 Å². The molecule has 4 rings (SSSR count). The number of carbonyl (C=O) groups is 1. The molecule has 0 aliphatic heterocycles. The Morgan fingerprint density at radius 1 is 1.23 bits per heavy atom. The molecule has 134 valence electrons. The fraction of sp³-hybridized carbons (Fsp3) is 0.300. The highest BCUT2D eigenvalue weighted by Gasteiger charge is 2.17.